The molecule has 2 rings (SSSR count). The first-order valence-electron chi connectivity index (χ1n) is 7.74. The lowest BCUT2D eigenvalue weighted by Gasteiger charge is -2.42. The molecule has 1 aliphatic rings. The van der Waals surface area contributed by atoms with E-state index in [0.717, 1.165) is 4.31 Å². The number of rotatable bonds is 4. The molecule has 1 fully saturated rings. The van der Waals surface area contributed by atoms with Crippen LogP contribution in [-0.4, -0.2) is 76.7 Å². The van der Waals surface area contributed by atoms with E-state index >= 15 is 0 Å². The molecule has 1 heterocycles. The van der Waals surface area contributed by atoms with Crippen LogP contribution in [0.25, 0.3) is 0 Å². The summed E-state index contributed by atoms with van der Waals surface area (Å²) in [5.41, 5.74) is 0. The lowest BCUT2D eigenvalue weighted by molar-refractivity contribution is 0.109. The molecule has 2 atom stereocenters. The molecule has 1 aromatic rings. The molecule has 136 valence electrons. The van der Waals surface area contributed by atoms with Crippen LogP contribution < -0.4 is 0 Å². The summed E-state index contributed by atoms with van der Waals surface area (Å²) in [6.45, 7) is 4.97. The van der Waals surface area contributed by atoms with Crippen LogP contribution in [0, 0.1) is 0 Å². The Morgan fingerprint density at radius 3 is 1.92 bits per heavy atom. The normalized spacial score (nSPS) is 24.4. The van der Waals surface area contributed by atoms with Gasteiger partial charge in [0.2, 0.25) is 20.0 Å². The standard InChI is InChI=1S/C15H25N3O4S2/c1-12-13(2)18(11-10-17(12)5)24(21,22)15-8-6-14(7-9-15)23(19,20)16(3)4/h6-9,12-13H,10-11H2,1-5H3/t12-,13-/m0/s1. The van der Waals surface area contributed by atoms with E-state index in [4.69, 9.17) is 0 Å². The fourth-order valence-electron chi connectivity index (χ4n) is 2.74. The van der Waals surface area contributed by atoms with Gasteiger partial charge in [-0.1, -0.05) is 0 Å². The molecule has 0 bridgehead atoms. The minimum atomic E-state index is -3.65. The highest BCUT2D eigenvalue weighted by atomic mass is 32.2. The third-order valence-corrected chi connectivity index (χ3v) is 8.56. The van der Waals surface area contributed by atoms with Gasteiger partial charge in [-0.25, -0.2) is 21.1 Å². The fraction of sp³-hybridized carbons (Fsp3) is 0.600. The van der Waals surface area contributed by atoms with E-state index in [-0.39, 0.29) is 21.9 Å². The molecular weight excluding hydrogens is 350 g/mol. The van der Waals surface area contributed by atoms with Gasteiger partial charge in [0, 0.05) is 39.3 Å². The summed E-state index contributed by atoms with van der Waals surface area (Å²) in [7, 11) is -2.37. The lowest BCUT2D eigenvalue weighted by atomic mass is 10.1. The van der Waals surface area contributed by atoms with Crippen LogP contribution in [0.1, 0.15) is 13.8 Å². The Morgan fingerprint density at radius 2 is 1.42 bits per heavy atom. The Hall–Kier alpha value is -1.00. The number of sulfonamides is 2. The summed E-state index contributed by atoms with van der Waals surface area (Å²) in [5.74, 6) is 0. The van der Waals surface area contributed by atoms with Gasteiger partial charge in [-0.2, -0.15) is 4.31 Å². The highest BCUT2D eigenvalue weighted by Crippen LogP contribution is 2.25. The Morgan fingerprint density at radius 1 is 0.917 bits per heavy atom. The van der Waals surface area contributed by atoms with Crippen molar-refractivity contribution in [1.82, 2.24) is 13.5 Å². The zero-order valence-electron chi connectivity index (χ0n) is 14.7. The maximum Gasteiger partial charge on any atom is 0.243 e. The summed E-state index contributed by atoms with van der Waals surface area (Å²) in [6, 6.07) is 5.36. The number of benzene rings is 1. The van der Waals surface area contributed by atoms with E-state index in [1.165, 1.54) is 42.7 Å². The van der Waals surface area contributed by atoms with Gasteiger partial charge in [0.05, 0.1) is 9.79 Å². The van der Waals surface area contributed by atoms with E-state index < -0.39 is 20.0 Å². The van der Waals surface area contributed by atoms with Crippen LogP contribution in [0.3, 0.4) is 0 Å². The highest BCUT2D eigenvalue weighted by molar-refractivity contribution is 7.89. The van der Waals surface area contributed by atoms with Crippen molar-refractivity contribution in [3.05, 3.63) is 24.3 Å². The van der Waals surface area contributed by atoms with E-state index in [1.807, 2.05) is 20.9 Å². The minimum absolute atomic E-state index is 0.0752. The van der Waals surface area contributed by atoms with Crippen molar-refractivity contribution in [2.24, 2.45) is 0 Å². The number of hydrogen-bond donors (Lipinski definition) is 0. The SMILES string of the molecule is C[C@H]1[C@H](C)N(S(=O)(=O)c2ccc(S(=O)(=O)N(C)C)cc2)CCN1C. The molecule has 0 aromatic heterocycles. The summed E-state index contributed by atoms with van der Waals surface area (Å²) >= 11 is 0. The molecule has 0 spiro atoms. The first-order chi connectivity index (χ1) is 11.0. The molecule has 9 heteroatoms. The second-order valence-corrected chi connectivity index (χ2v) is 10.4. The number of nitrogens with zero attached hydrogens (tertiary/aromatic N) is 3. The molecular formula is C15H25N3O4S2. The van der Waals surface area contributed by atoms with Crippen molar-refractivity contribution < 1.29 is 16.8 Å². The summed E-state index contributed by atoms with van der Waals surface area (Å²) in [4.78, 5) is 2.32. The zero-order chi connectivity index (χ0) is 18.3. The van der Waals surface area contributed by atoms with Gasteiger partial charge in [-0.05, 0) is 45.2 Å². The van der Waals surface area contributed by atoms with E-state index in [0.29, 0.717) is 13.1 Å². The Balaban J connectivity index is 2.34. The van der Waals surface area contributed by atoms with Gasteiger partial charge in [0.15, 0.2) is 0 Å². The van der Waals surface area contributed by atoms with Crippen LogP contribution in [0.5, 0.6) is 0 Å². The second-order valence-electron chi connectivity index (χ2n) is 6.34. The quantitative estimate of drug-likeness (QED) is 0.772. The Kier molecular flexibility index (Phi) is 5.41. The molecule has 0 amide bonds. The summed E-state index contributed by atoms with van der Waals surface area (Å²) in [5, 5.41) is 0. The van der Waals surface area contributed by atoms with Gasteiger partial charge >= 0.3 is 0 Å². The molecule has 1 aromatic carbocycles. The number of hydrogen-bond acceptors (Lipinski definition) is 5. The van der Waals surface area contributed by atoms with Crippen molar-refractivity contribution in [3.8, 4) is 0 Å². The van der Waals surface area contributed by atoms with E-state index in [9.17, 15) is 16.8 Å². The molecule has 0 aliphatic carbocycles. The van der Waals surface area contributed by atoms with E-state index in [2.05, 4.69) is 4.90 Å². The smallest absolute Gasteiger partial charge is 0.243 e. The molecule has 7 nitrogen and oxygen atoms in total. The number of piperazine rings is 1. The first kappa shape index (κ1) is 19.3. The largest absolute Gasteiger partial charge is 0.301 e. The average Bonchev–Trinajstić information content (AvgIpc) is 2.52. The second kappa shape index (κ2) is 6.72. The maximum atomic E-state index is 12.9. The molecule has 1 aliphatic heterocycles. The summed E-state index contributed by atoms with van der Waals surface area (Å²) in [6.07, 6.45) is 0. The van der Waals surface area contributed by atoms with Crippen molar-refractivity contribution >= 4 is 20.0 Å². The van der Waals surface area contributed by atoms with Crippen molar-refractivity contribution in [2.75, 3.05) is 34.2 Å². The first-order valence-corrected chi connectivity index (χ1v) is 10.6. The molecule has 0 radical (unpaired) electrons. The predicted octanol–water partition coefficient (Wildman–Crippen LogP) is 0.650. The van der Waals surface area contributed by atoms with Gasteiger partial charge in [0.25, 0.3) is 0 Å². The fourth-order valence-corrected chi connectivity index (χ4v) is 5.33. The lowest BCUT2D eigenvalue weighted by Crippen LogP contribution is -2.57. The van der Waals surface area contributed by atoms with Crippen LogP contribution in [0.4, 0.5) is 0 Å². The Bertz CT molecular complexity index is 789. The van der Waals surface area contributed by atoms with Gasteiger partial charge in [0.1, 0.15) is 0 Å². The molecule has 1 saturated heterocycles. The zero-order valence-corrected chi connectivity index (χ0v) is 16.3. The van der Waals surface area contributed by atoms with Gasteiger partial charge in [-0.15, -0.1) is 0 Å². The third-order valence-electron chi connectivity index (χ3n) is 4.73. The van der Waals surface area contributed by atoms with Gasteiger partial charge in [-0.3, -0.25) is 0 Å². The van der Waals surface area contributed by atoms with Crippen molar-refractivity contribution in [1.29, 1.82) is 0 Å². The van der Waals surface area contributed by atoms with Gasteiger partial charge < -0.3 is 4.90 Å². The minimum Gasteiger partial charge on any atom is -0.301 e. The molecule has 0 unspecified atom stereocenters. The molecule has 0 saturated carbocycles. The third kappa shape index (κ3) is 3.36. The summed E-state index contributed by atoms with van der Waals surface area (Å²) < 4.78 is 52.5. The molecule has 24 heavy (non-hydrogen) atoms. The van der Waals surface area contributed by atoms with Crippen molar-refractivity contribution in [3.63, 3.8) is 0 Å². The molecule has 0 N–H and O–H groups in total. The number of likely N-dealkylation sites (N-methyl/N-ethyl adjacent to an activating group) is 1. The van der Waals surface area contributed by atoms with Crippen LogP contribution >= 0.6 is 0 Å². The van der Waals surface area contributed by atoms with E-state index in [1.54, 1.807) is 0 Å². The maximum absolute atomic E-state index is 12.9. The topological polar surface area (TPSA) is 78.0 Å². The predicted molar refractivity (Wildman–Crippen MR) is 92.8 cm³/mol. The van der Waals surface area contributed by atoms with Crippen LogP contribution in [0.2, 0.25) is 0 Å². The average molecular weight is 376 g/mol. The Labute approximate surface area is 145 Å². The highest BCUT2D eigenvalue weighted by Gasteiger charge is 2.36. The van der Waals surface area contributed by atoms with Crippen LogP contribution in [-0.2, 0) is 20.0 Å². The monoisotopic (exact) mass is 375 g/mol. The van der Waals surface area contributed by atoms with Crippen LogP contribution in [0.15, 0.2) is 34.1 Å². The van der Waals surface area contributed by atoms with Crippen molar-refractivity contribution in [2.45, 2.75) is 35.7 Å².